The number of ether oxygens (including phenoxy) is 1. The molecule has 0 saturated carbocycles. The van der Waals surface area contributed by atoms with Gasteiger partial charge in [-0.25, -0.2) is 9.97 Å². The van der Waals surface area contributed by atoms with Gasteiger partial charge in [-0.05, 0) is 12.8 Å². The van der Waals surface area contributed by atoms with Gasteiger partial charge in [-0.1, -0.05) is 0 Å². The number of anilines is 1. The maximum absolute atomic E-state index is 12.6. The van der Waals surface area contributed by atoms with E-state index in [2.05, 4.69) is 16.0 Å². The third-order valence-electron chi connectivity index (χ3n) is 4.18. The molecule has 0 aliphatic carbocycles. The summed E-state index contributed by atoms with van der Waals surface area (Å²) >= 11 is 0. The Morgan fingerprint density at radius 3 is 2.82 bits per heavy atom. The second-order valence-electron chi connectivity index (χ2n) is 5.56. The first-order valence-electron chi connectivity index (χ1n) is 7.62. The standard InChI is InChI=1S/C15H19N5O2/c16-10-13-14(18-4-3-17-13)20-5-1-2-12(11-20)15(21)19-6-8-22-9-7-19/h3-4,12H,1-2,5-9,11H2. The van der Waals surface area contributed by atoms with Crippen LogP contribution in [0.15, 0.2) is 12.4 Å². The zero-order valence-corrected chi connectivity index (χ0v) is 12.4. The maximum atomic E-state index is 12.6. The molecule has 0 aromatic carbocycles. The van der Waals surface area contributed by atoms with Gasteiger partial charge in [0.15, 0.2) is 11.5 Å². The van der Waals surface area contributed by atoms with Crippen LogP contribution in [-0.2, 0) is 9.53 Å². The summed E-state index contributed by atoms with van der Waals surface area (Å²) in [5.41, 5.74) is 0.321. The molecule has 2 saturated heterocycles. The lowest BCUT2D eigenvalue weighted by atomic mass is 9.96. The summed E-state index contributed by atoms with van der Waals surface area (Å²) in [5.74, 6) is 0.736. The van der Waals surface area contributed by atoms with Crippen molar-refractivity contribution >= 4 is 11.7 Å². The Labute approximate surface area is 129 Å². The Hall–Kier alpha value is -2.20. The van der Waals surface area contributed by atoms with Gasteiger partial charge in [-0.15, -0.1) is 0 Å². The zero-order valence-electron chi connectivity index (χ0n) is 12.4. The highest BCUT2D eigenvalue weighted by Crippen LogP contribution is 2.24. The van der Waals surface area contributed by atoms with Crippen molar-refractivity contribution in [3.05, 3.63) is 18.1 Å². The molecular weight excluding hydrogens is 282 g/mol. The number of piperidine rings is 1. The van der Waals surface area contributed by atoms with Crippen LogP contribution in [0.2, 0.25) is 0 Å². The van der Waals surface area contributed by atoms with Crippen LogP contribution in [-0.4, -0.2) is 60.2 Å². The van der Waals surface area contributed by atoms with Gasteiger partial charge in [0.25, 0.3) is 0 Å². The fourth-order valence-corrected chi connectivity index (χ4v) is 3.05. The molecule has 2 aliphatic heterocycles. The number of aromatic nitrogens is 2. The highest BCUT2D eigenvalue weighted by atomic mass is 16.5. The van der Waals surface area contributed by atoms with E-state index in [9.17, 15) is 4.79 Å². The first-order valence-corrected chi connectivity index (χ1v) is 7.62. The third kappa shape index (κ3) is 3.02. The van der Waals surface area contributed by atoms with Gasteiger partial charge in [0.1, 0.15) is 6.07 Å². The summed E-state index contributed by atoms with van der Waals surface area (Å²) in [4.78, 5) is 24.9. The molecule has 0 bridgehead atoms. The molecule has 1 aromatic rings. The minimum Gasteiger partial charge on any atom is -0.378 e. The summed E-state index contributed by atoms with van der Waals surface area (Å²) in [6, 6.07) is 2.07. The van der Waals surface area contributed by atoms with Crippen molar-refractivity contribution in [2.75, 3.05) is 44.3 Å². The largest absolute Gasteiger partial charge is 0.378 e. The minimum absolute atomic E-state index is 0.0413. The average Bonchev–Trinajstić information content (AvgIpc) is 2.62. The van der Waals surface area contributed by atoms with Crippen LogP contribution in [0.5, 0.6) is 0 Å². The number of carbonyl (C=O) groups is 1. The maximum Gasteiger partial charge on any atom is 0.227 e. The number of hydrogen-bond acceptors (Lipinski definition) is 6. The molecule has 2 fully saturated rings. The molecule has 0 radical (unpaired) electrons. The number of rotatable bonds is 2. The third-order valence-corrected chi connectivity index (χ3v) is 4.18. The van der Waals surface area contributed by atoms with Crippen molar-refractivity contribution in [2.24, 2.45) is 5.92 Å². The van der Waals surface area contributed by atoms with Crippen LogP contribution in [0.1, 0.15) is 18.5 Å². The van der Waals surface area contributed by atoms with Crippen LogP contribution < -0.4 is 4.90 Å². The second-order valence-corrected chi connectivity index (χ2v) is 5.56. The van der Waals surface area contributed by atoms with E-state index in [4.69, 9.17) is 10.00 Å². The Balaban J connectivity index is 1.71. The molecule has 22 heavy (non-hydrogen) atoms. The normalized spacial score (nSPS) is 22.2. The van der Waals surface area contributed by atoms with E-state index >= 15 is 0 Å². The summed E-state index contributed by atoms with van der Waals surface area (Å²) in [7, 11) is 0. The summed E-state index contributed by atoms with van der Waals surface area (Å²) in [6.45, 7) is 3.98. The quantitative estimate of drug-likeness (QED) is 0.787. The van der Waals surface area contributed by atoms with Crippen LogP contribution in [0, 0.1) is 17.2 Å². The predicted octanol–water partition coefficient (Wildman–Crippen LogP) is 0.423. The highest BCUT2D eigenvalue weighted by Gasteiger charge is 2.31. The van der Waals surface area contributed by atoms with E-state index in [-0.39, 0.29) is 11.8 Å². The first-order chi connectivity index (χ1) is 10.8. The van der Waals surface area contributed by atoms with Gasteiger partial charge < -0.3 is 14.5 Å². The number of nitriles is 1. The van der Waals surface area contributed by atoms with Crippen molar-refractivity contribution in [1.29, 1.82) is 5.26 Å². The lowest BCUT2D eigenvalue weighted by molar-refractivity contribution is -0.139. The van der Waals surface area contributed by atoms with E-state index in [1.807, 2.05) is 9.80 Å². The smallest absolute Gasteiger partial charge is 0.227 e. The molecule has 1 aromatic heterocycles. The number of nitrogens with zero attached hydrogens (tertiary/aromatic N) is 5. The zero-order chi connectivity index (χ0) is 15.4. The van der Waals surface area contributed by atoms with Crippen molar-refractivity contribution < 1.29 is 9.53 Å². The molecule has 2 aliphatic rings. The number of carbonyl (C=O) groups excluding carboxylic acids is 1. The van der Waals surface area contributed by atoms with Gasteiger partial charge >= 0.3 is 0 Å². The van der Waals surface area contributed by atoms with Crippen molar-refractivity contribution in [1.82, 2.24) is 14.9 Å². The van der Waals surface area contributed by atoms with Gasteiger partial charge in [0.05, 0.1) is 19.1 Å². The molecule has 1 atom stereocenters. The summed E-state index contributed by atoms with van der Waals surface area (Å²) < 4.78 is 5.30. The van der Waals surface area contributed by atoms with Crippen molar-refractivity contribution in [2.45, 2.75) is 12.8 Å². The molecule has 3 rings (SSSR count). The van der Waals surface area contributed by atoms with E-state index < -0.39 is 0 Å². The molecule has 0 spiro atoms. The highest BCUT2D eigenvalue weighted by molar-refractivity contribution is 5.80. The molecule has 3 heterocycles. The minimum atomic E-state index is -0.0413. The monoisotopic (exact) mass is 301 g/mol. The number of amides is 1. The van der Waals surface area contributed by atoms with Crippen molar-refractivity contribution in [3.8, 4) is 6.07 Å². The van der Waals surface area contributed by atoms with Crippen molar-refractivity contribution in [3.63, 3.8) is 0 Å². The van der Waals surface area contributed by atoms with E-state index in [0.29, 0.717) is 44.4 Å². The Morgan fingerprint density at radius 2 is 2.05 bits per heavy atom. The van der Waals surface area contributed by atoms with Crippen LogP contribution in [0.25, 0.3) is 0 Å². The topological polar surface area (TPSA) is 82.3 Å². The average molecular weight is 301 g/mol. The van der Waals surface area contributed by atoms with Gasteiger partial charge in [0, 0.05) is 38.6 Å². The van der Waals surface area contributed by atoms with E-state index in [0.717, 1.165) is 19.4 Å². The molecule has 7 heteroatoms. The van der Waals surface area contributed by atoms with E-state index in [1.54, 1.807) is 6.20 Å². The number of morpholine rings is 1. The number of hydrogen-bond donors (Lipinski definition) is 0. The lowest BCUT2D eigenvalue weighted by Crippen LogP contribution is -2.48. The van der Waals surface area contributed by atoms with Gasteiger partial charge in [-0.3, -0.25) is 4.79 Å². The Kier molecular flexibility index (Phi) is 4.49. The van der Waals surface area contributed by atoms with Crippen LogP contribution in [0.4, 0.5) is 5.82 Å². The molecule has 1 amide bonds. The molecule has 1 unspecified atom stereocenters. The fourth-order valence-electron chi connectivity index (χ4n) is 3.05. The molecule has 7 nitrogen and oxygen atoms in total. The summed E-state index contributed by atoms with van der Waals surface area (Å²) in [6.07, 6.45) is 4.91. The van der Waals surface area contributed by atoms with Crippen LogP contribution >= 0.6 is 0 Å². The lowest BCUT2D eigenvalue weighted by Gasteiger charge is -2.36. The molecular formula is C15H19N5O2. The SMILES string of the molecule is N#Cc1nccnc1N1CCCC(C(=O)N2CCOCC2)C1. The first kappa shape index (κ1) is 14.7. The predicted molar refractivity (Wildman–Crippen MR) is 79.1 cm³/mol. The summed E-state index contributed by atoms with van der Waals surface area (Å²) in [5, 5.41) is 9.16. The van der Waals surface area contributed by atoms with Gasteiger partial charge in [-0.2, -0.15) is 5.26 Å². The van der Waals surface area contributed by atoms with Crippen LogP contribution in [0.3, 0.4) is 0 Å². The molecule has 116 valence electrons. The molecule has 0 N–H and O–H groups in total. The fraction of sp³-hybridized carbons (Fsp3) is 0.600. The van der Waals surface area contributed by atoms with Gasteiger partial charge in [0.2, 0.25) is 5.91 Å². The Morgan fingerprint density at radius 1 is 1.27 bits per heavy atom. The second kappa shape index (κ2) is 6.71. The van der Waals surface area contributed by atoms with E-state index in [1.165, 1.54) is 6.20 Å². The Bertz CT molecular complexity index is 580.